The molecule has 6 nitrogen and oxygen atoms in total. The molecule has 136 valence electrons. The minimum atomic E-state index is -0.0182. The Labute approximate surface area is 160 Å². The lowest BCUT2D eigenvalue weighted by atomic mass is 10.1. The van der Waals surface area contributed by atoms with Gasteiger partial charge in [0.1, 0.15) is 6.61 Å². The molecule has 0 saturated carbocycles. The summed E-state index contributed by atoms with van der Waals surface area (Å²) in [6.45, 7) is 2.03. The number of ether oxygens (including phenoxy) is 1. The van der Waals surface area contributed by atoms with Gasteiger partial charge < -0.3 is 9.64 Å². The van der Waals surface area contributed by atoms with Gasteiger partial charge in [-0.1, -0.05) is 18.2 Å². The lowest BCUT2D eigenvalue weighted by molar-refractivity contribution is -0.116. The minimum Gasteiger partial charge on any atom is -0.482 e. The monoisotopic (exact) mass is 378 g/mol. The van der Waals surface area contributed by atoms with Crippen molar-refractivity contribution in [2.24, 2.45) is 0 Å². The average molecular weight is 378 g/mol. The zero-order valence-electron chi connectivity index (χ0n) is 15.0. The molecule has 0 N–H and O–H groups in total. The van der Waals surface area contributed by atoms with Crippen LogP contribution in [0.25, 0.3) is 16.9 Å². The SMILES string of the molecule is CC(=O)N(C)c1cccc(-c2ccnc3c(OCc4cccs4)cnn23)c1. The van der Waals surface area contributed by atoms with Crippen LogP contribution in [-0.2, 0) is 11.4 Å². The molecule has 27 heavy (non-hydrogen) atoms. The summed E-state index contributed by atoms with van der Waals surface area (Å²) in [6.07, 6.45) is 3.43. The molecule has 0 aliphatic carbocycles. The maximum Gasteiger partial charge on any atom is 0.223 e. The Bertz CT molecular complexity index is 1090. The molecule has 1 amide bonds. The van der Waals surface area contributed by atoms with Gasteiger partial charge in [0.05, 0.1) is 11.9 Å². The zero-order valence-corrected chi connectivity index (χ0v) is 15.8. The number of fused-ring (bicyclic) bond motifs is 1. The molecule has 1 aromatic carbocycles. The largest absolute Gasteiger partial charge is 0.482 e. The third kappa shape index (κ3) is 3.41. The minimum absolute atomic E-state index is 0.0182. The summed E-state index contributed by atoms with van der Waals surface area (Å²) in [4.78, 5) is 18.8. The van der Waals surface area contributed by atoms with Gasteiger partial charge in [0.2, 0.25) is 5.91 Å². The smallest absolute Gasteiger partial charge is 0.223 e. The Morgan fingerprint density at radius 3 is 2.93 bits per heavy atom. The molecule has 3 aromatic heterocycles. The Hall–Kier alpha value is -3.19. The van der Waals surface area contributed by atoms with Gasteiger partial charge >= 0.3 is 0 Å². The number of anilines is 1. The van der Waals surface area contributed by atoms with E-state index < -0.39 is 0 Å². The van der Waals surface area contributed by atoms with Crippen LogP contribution < -0.4 is 9.64 Å². The molecule has 4 rings (SSSR count). The number of rotatable bonds is 5. The molecule has 4 aromatic rings. The molecule has 7 heteroatoms. The van der Waals surface area contributed by atoms with Gasteiger partial charge in [-0.15, -0.1) is 11.3 Å². The Kier molecular flexibility index (Phi) is 4.60. The van der Waals surface area contributed by atoms with Crippen LogP contribution in [0.5, 0.6) is 5.75 Å². The van der Waals surface area contributed by atoms with Crippen LogP contribution in [0.3, 0.4) is 0 Å². The molecule has 3 heterocycles. The van der Waals surface area contributed by atoms with E-state index >= 15 is 0 Å². The summed E-state index contributed by atoms with van der Waals surface area (Å²) in [5.74, 6) is 0.623. The maximum atomic E-state index is 11.7. The third-order valence-electron chi connectivity index (χ3n) is 4.32. The Morgan fingerprint density at radius 1 is 1.26 bits per heavy atom. The standard InChI is InChI=1S/C20H18N4O2S/c1-14(25)23(2)16-6-3-5-15(11-16)18-8-9-21-20-19(12-22-24(18)20)26-13-17-7-4-10-27-17/h3-12H,13H2,1-2H3. The summed E-state index contributed by atoms with van der Waals surface area (Å²) < 4.78 is 7.66. The number of hydrogen-bond acceptors (Lipinski definition) is 5. The molecule has 0 radical (unpaired) electrons. The lowest BCUT2D eigenvalue weighted by Gasteiger charge is -2.16. The number of thiophene rings is 1. The molecule has 0 fully saturated rings. The van der Waals surface area contributed by atoms with E-state index in [1.165, 1.54) is 0 Å². The average Bonchev–Trinajstić information content (AvgIpc) is 3.35. The predicted molar refractivity (Wildman–Crippen MR) is 106 cm³/mol. The van der Waals surface area contributed by atoms with Crippen LogP contribution in [0.2, 0.25) is 0 Å². The summed E-state index contributed by atoms with van der Waals surface area (Å²) in [5, 5.41) is 6.48. The molecule has 0 spiro atoms. The fourth-order valence-corrected chi connectivity index (χ4v) is 3.41. The Balaban J connectivity index is 1.69. The number of carbonyl (C=O) groups excluding carboxylic acids is 1. The summed E-state index contributed by atoms with van der Waals surface area (Å²) in [6, 6.07) is 13.7. The van der Waals surface area contributed by atoms with Crippen molar-refractivity contribution in [2.75, 3.05) is 11.9 Å². The van der Waals surface area contributed by atoms with Gasteiger partial charge in [-0.25, -0.2) is 9.50 Å². The number of aromatic nitrogens is 3. The molecular weight excluding hydrogens is 360 g/mol. The van der Waals surface area contributed by atoms with Crippen molar-refractivity contribution < 1.29 is 9.53 Å². The van der Waals surface area contributed by atoms with Crippen LogP contribution in [0.4, 0.5) is 5.69 Å². The highest BCUT2D eigenvalue weighted by Crippen LogP contribution is 2.27. The highest BCUT2D eigenvalue weighted by Gasteiger charge is 2.13. The number of benzene rings is 1. The topological polar surface area (TPSA) is 59.7 Å². The first kappa shape index (κ1) is 17.2. The van der Waals surface area contributed by atoms with Gasteiger partial charge in [0.25, 0.3) is 0 Å². The highest BCUT2D eigenvalue weighted by atomic mass is 32.1. The van der Waals surface area contributed by atoms with Crippen molar-refractivity contribution in [3.63, 3.8) is 0 Å². The molecule has 0 atom stereocenters. The second kappa shape index (κ2) is 7.20. The molecule has 0 aliphatic rings. The number of amides is 1. The van der Waals surface area contributed by atoms with Crippen molar-refractivity contribution in [3.05, 3.63) is 65.1 Å². The fraction of sp³-hybridized carbons (Fsp3) is 0.150. The molecule has 0 aliphatic heterocycles. The first-order chi connectivity index (χ1) is 13.1. The van der Waals surface area contributed by atoms with E-state index in [2.05, 4.69) is 10.1 Å². The first-order valence-corrected chi connectivity index (χ1v) is 9.34. The second-order valence-corrected chi connectivity index (χ2v) is 7.10. The summed E-state index contributed by atoms with van der Waals surface area (Å²) in [7, 11) is 1.76. The Morgan fingerprint density at radius 2 is 2.15 bits per heavy atom. The third-order valence-corrected chi connectivity index (χ3v) is 5.17. The van der Waals surface area contributed by atoms with Gasteiger partial charge in [0, 0.05) is 36.3 Å². The van der Waals surface area contributed by atoms with Crippen molar-refractivity contribution >= 4 is 28.6 Å². The van der Waals surface area contributed by atoms with Crippen LogP contribution in [0.1, 0.15) is 11.8 Å². The van der Waals surface area contributed by atoms with Crippen molar-refractivity contribution in [1.29, 1.82) is 0 Å². The highest BCUT2D eigenvalue weighted by molar-refractivity contribution is 7.09. The summed E-state index contributed by atoms with van der Waals surface area (Å²) in [5.41, 5.74) is 3.31. The van der Waals surface area contributed by atoms with Gasteiger partial charge in [-0.3, -0.25) is 4.79 Å². The van der Waals surface area contributed by atoms with Gasteiger partial charge in [-0.05, 0) is 29.6 Å². The zero-order chi connectivity index (χ0) is 18.8. The van der Waals surface area contributed by atoms with Crippen molar-refractivity contribution in [3.8, 4) is 17.0 Å². The normalized spacial score (nSPS) is 10.9. The molecule has 0 bridgehead atoms. The van der Waals surface area contributed by atoms with Crippen LogP contribution in [0, 0.1) is 0 Å². The van der Waals surface area contributed by atoms with E-state index in [4.69, 9.17) is 4.74 Å². The van der Waals surface area contributed by atoms with E-state index in [0.717, 1.165) is 21.8 Å². The number of nitrogens with zero attached hydrogens (tertiary/aromatic N) is 4. The van der Waals surface area contributed by atoms with Crippen LogP contribution in [0.15, 0.2) is 60.2 Å². The quantitative estimate of drug-likeness (QED) is 0.526. The molecular formula is C20H18N4O2S. The second-order valence-electron chi connectivity index (χ2n) is 6.07. The number of carbonyl (C=O) groups is 1. The van der Waals surface area contributed by atoms with Crippen molar-refractivity contribution in [1.82, 2.24) is 14.6 Å². The fourth-order valence-electron chi connectivity index (χ4n) is 2.79. The van der Waals surface area contributed by atoms with E-state index in [1.807, 2.05) is 47.8 Å². The van der Waals surface area contributed by atoms with E-state index in [-0.39, 0.29) is 5.91 Å². The molecule has 0 unspecified atom stereocenters. The van der Waals surface area contributed by atoms with Crippen LogP contribution >= 0.6 is 11.3 Å². The van der Waals surface area contributed by atoms with Gasteiger partial charge in [0.15, 0.2) is 11.4 Å². The van der Waals surface area contributed by atoms with E-state index in [1.54, 1.807) is 47.1 Å². The van der Waals surface area contributed by atoms with E-state index in [0.29, 0.717) is 18.0 Å². The summed E-state index contributed by atoms with van der Waals surface area (Å²) >= 11 is 1.65. The number of hydrogen-bond donors (Lipinski definition) is 0. The van der Waals surface area contributed by atoms with Crippen molar-refractivity contribution in [2.45, 2.75) is 13.5 Å². The van der Waals surface area contributed by atoms with Crippen LogP contribution in [-0.4, -0.2) is 27.6 Å². The predicted octanol–water partition coefficient (Wildman–Crippen LogP) is 4.02. The maximum absolute atomic E-state index is 11.7. The lowest BCUT2D eigenvalue weighted by Crippen LogP contribution is -2.22. The first-order valence-electron chi connectivity index (χ1n) is 8.46. The molecule has 0 saturated heterocycles. The van der Waals surface area contributed by atoms with Gasteiger partial charge in [-0.2, -0.15) is 5.10 Å². The van der Waals surface area contributed by atoms with E-state index in [9.17, 15) is 4.79 Å².